The molecule has 100 valence electrons. The maximum Gasteiger partial charge on any atom is 0.441 e. The second kappa shape index (κ2) is 6.33. The highest BCUT2D eigenvalue weighted by Crippen LogP contribution is 2.30. The van der Waals surface area contributed by atoms with Gasteiger partial charge < -0.3 is 9.84 Å². The van der Waals surface area contributed by atoms with Crippen LogP contribution in [0.2, 0.25) is 0 Å². The lowest BCUT2D eigenvalue weighted by Gasteiger charge is -2.09. The molecule has 1 N–H and O–H groups in total. The Kier molecular flexibility index (Phi) is 5.33. The molecule has 0 aromatic heterocycles. The number of alkyl halides is 3. The van der Waals surface area contributed by atoms with E-state index < -0.39 is 11.5 Å². The number of hydrogen-bond donors (Lipinski definition) is 1. The normalized spacial score (nSPS) is 11.3. The van der Waals surface area contributed by atoms with Crippen molar-refractivity contribution in [3.8, 4) is 5.75 Å². The van der Waals surface area contributed by atoms with Gasteiger partial charge in [0.05, 0.1) is 16.6 Å². The Morgan fingerprint density at radius 3 is 2.61 bits per heavy atom. The van der Waals surface area contributed by atoms with Crippen LogP contribution in [0.25, 0.3) is 0 Å². The van der Waals surface area contributed by atoms with E-state index in [9.17, 15) is 18.0 Å². The van der Waals surface area contributed by atoms with E-state index >= 15 is 0 Å². The highest BCUT2D eigenvalue weighted by Gasteiger charge is 2.27. The molecule has 0 saturated heterocycles. The van der Waals surface area contributed by atoms with Crippen molar-refractivity contribution in [3.05, 3.63) is 28.2 Å². The summed E-state index contributed by atoms with van der Waals surface area (Å²) in [6, 6.07) is 4.04. The molecule has 0 aliphatic heterocycles. The van der Waals surface area contributed by atoms with Crippen LogP contribution in [0.15, 0.2) is 22.7 Å². The number of halogens is 4. The third-order valence-electron chi connectivity index (χ3n) is 1.79. The molecule has 0 aliphatic rings. The minimum atomic E-state index is -4.27. The predicted molar refractivity (Wildman–Crippen MR) is 65.1 cm³/mol. The van der Waals surface area contributed by atoms with Gasteiger partial charge in [0.25, 0.3) is 0 Å². The Hall–Kier alpha value is -0.890. The summed E-state index contributed by atoms with van der Waals surface area (Å²) in [6.45, 7) is -0.116. The van der Waals surface area contributed by atoms with Crippen molar-refractivity contribution >= 4 is 33.7 Å². The first-order chi connectivity index (χ1) is 8.29. The van der Waals surface area contributed by atoms with Crippen molar-refractivity contribution in [1.29, 1.82) is 0 Å². The van der Waals surface area contributed by atoms with Crippen molar-refractivity contribution in [2.45, 2.75) is 5.51 Å². The fourth-order valence-corrected chi connectivity index (χ4v) is 1.95. The lowest BCUT2D eigenvalue weighted by molar-refractivity contribution is -0.0329. The number of thioether (sulfide) groups is 1. The van der Waals surface area contributed by atoms with Gasteiger partial charge in [-0.15, -0.1) is 0 Å². The SMILES string of the molecule is O=C(O)c1ccc(OCCSC(F)(F)F)c(Br)c1. The zero-order chi connectivity index (χ0) is 13.8. The molecule has 18 heavy (non-hydrogen) atoms. The van der Waals surface area contributed by atoms with Gasteiger partial charge in [-0.3, -0.25) is 0 Å². The van der Waals surface area contributed by atoms with Crippen LogP contribution in [0.3, 0.4) is 0 Å². The maximum atomic E-state index is 11.8. The summed E-state index contributed by atoms with van der Waals surface area (Å²) >= 11 is 2.92. The van der Waals surface area contributed by atoms with Crippen LogP contribution in [0.5, 0.6) is 5.75 Å². The molecule has 0 amide bonds. The third kappa shape index (κ3) is 5.18. The standard InChI is InChI=1S/C10H8BrF3O3S/c11-7-5-6(9(15)16)1-2-8(7)17-3-4-18-10(12,13)14/h1-2,5H,3-4H2,(H,15,16). The quantitative estimate of drug-likeness (QED) is 0.825. The molecule has 1 aromatic carbocycles. The molecule has 3 nitrogen and oxygen atoms in total. The number of aromatic carboxylic acids is 1. The minimum Gasteiger partial charge on any atom is -0.492 e. The Bertz CT molecular complexity index is 437. The molecule has 0 heterocycles. The second-order valence-electron chi connectivity index (χ2n) is 3.09. The van der Waals surface area contributed by atoms with Crippen molar-refractivity contribution < 1.29 is 27.8 Å². The molecule has 0 fully saturated rings. The minimum absolute atomic E-state index is 0.0684. The Labute approximate surface area is 113 Å². The van der Waals surface area contributed by atoms with Crippen molar-refractivity contribution in [3.63, 3.8) is 0 Å². The molecule has 0 spiro atoms. The van der Waals surface area contributed by atoms with Gasteiger partial charge in [0.2, 0.25) is 0 Å². The van der Waals surface area contributed by atoms with Gasteiger partial charge in [-0.1, -0.05) is 0 Å². The van der Waals surface area contributed by atoms with Gasteiger partial charge in [-0.25, -0.2) is 4.79 Å². The van der Waals surface area contributed by atoms with Crippen LogP contribution >= 0.6 is 27.7 Å². The Morgan fingerprint density at radius 2 is 2.11 bits per heavy atom. The highest BCUT2D eigenvalue weighted by molar-refractivity contribution is 9.10. The molecule has 1 rings (SSSR count). The Balaban J connectivity index is 2.51. The van der Waals surface area contributed by atoms with Gasteiger partial charge in [0.15, 0.2) is 0 Å². The second-order valence-corrected chi connectivity index (χ2v) is 5.11. The molecule has 0 atom stereocenters. The first kappa shape index (κ1) is 15.2. The van der Waals surface area contributed by atoms with E-state index in [-0.39, 0.29) is 29.7 Å². The number of carboxylic acids is 1. The first-order valence-electron chi connectivity index (χ1n) is 4.66. The number of ether oxygens (including phenoxy) is 1. The van der Waals surface area contributed by atoms with E-state index in [4.69, 9.17) is 9.84 Å². The lowest BCUT2D eigenvalue weighted by Crippen LogP contribution is -2.08. The fourth-order valence-electron chi connectivity index (χ4n) is 1.06. The summed E-state index contributed by atoms with van der Waals surface area (Å²) in [7, 11) is 0. The monoisotopic (exact) mass is 344 g/mol. The van der Waals surface area contributed by atoms with Crippen LogP contribution in [0.4, 0.5) is 13.2 Å². The topological polar surface area (TPSA) is 46.5 Å². The summed E-state index contributed by atoms with van der Waals surface area (Å²) in [5.41, 5.74) is -4.20. The maximum absolute atomic E-state index is 11.8. The van der Waals surface area contributed by atoms with E-state index in [0.29, 0.717) is 10.2 Å². The number of hydrogen-bond acceptors (Lipinski definition) is 3. The predicted octanol–water partition coefficient (Wildman–Crippen LogP) is 3.78. The molecule has 0 bridgehead atoms. The average Bonchev–Trinajstić information content (AvgIpc) is 2.24. The van der Waals surface area contributed by atoms with Crippen LogP contribution in [-0.2, 0) is 0 Å². The molecule has 0 unspecified atom stereocenters. The largest absolute Gasteiger partial charge is 0.492 e. The summed E-state index contributed by atoms with van der Waals surface area (Å²) in [6.07, 6.45) is 0. The van der Waals surface area contributed by atoms with E-state index in [0.717, 1.165) is 0 Å². The Morgan fingerprint density at radius 1 is 1.44 bits per heavy atom. The van der Waals surface area contributed by atoms with E-state index in [1.165, 1.54) is 18.2 Å². The van der Waals surface area contributed by atoms with Crippen LogP contribution in [0.1, 0.15) is 10.4 Å². The number of rotatable bonds is 5. The van der Waals surface area contributed by atoms with E-state index in [1.54, 1.807) is 0 Å². The number of benzene rings is 1. The van der Waals surface area contributed by atoms with Gasteiger partial charge >= 0.3 is 11.5 Å². The van der Waals surface area contributed by atoms with Crippen molar-refractivity contribution in [2.75, 3.05) is 12.4 Å². The van der Waals surface area contributed by atoms with Crippen LogP contribution in [0, 0.1) is 0 Å². The van der Waals surface area contributed by atoms with Crippen LogP contribution in [-0.4, -0.2) is 28.9 Å². The molecule has 8 heteroatoms. The van der Waals surface area contributed by atoms with Crippen molar-refractivity contribution in [2.24, 2.45) is 0 Å². The number of carboxylic acid groups (broad SMARTS) is 1. The van der Waals surface area contributed by atoms with Gasteiger partial charge in [-0.05, 0) is 45.9 Å². The van der Waals surface area contributed by atoms with Gasteiger partial charge in [-0.2, -0.15) is 13.2 Å². The first-order valence-corrected chi connectivity index (χ1v) is 6.44. The summed E-state index contributed by atoms with van der Waals surface area (Å²) in [4.78, 5) is 10.6. The lowest BCUT2D eigenvalue weighted by atomic mass is 10.2. The summed E-state index contributed by atoms with van der Waals surface area (Å²) in [5, 5.41) is 8.71. The summed E-state index contributed by atoms with van der Waals surface area (Å²) < 4.78 is 41.0. The zero-order valence-corrected chi connectivity index (χ0v) is 11.2. The third-order valence-corrected chi connectivity index (χ3v) is 3.10. The molecule has 0 radical (unpaired) electrons. The van der Waals surface area contributed by atoms with E-state index in [1.807, 2.05) is 0 Å². The molecule has 1 aromatic rings. The molecular weight excluding hydrogens is 337 g/mol. The average molecular weight is 345 g/mol. The van der Waals surface area contributed by atoms with E-state index in [2.05, 4.69) is 15.9 Å². The highest BCUT2D eigenvalue weighted by atomic mass is 79.9. The zero-order valence-electron chi connectivity index (χ0n) is 8.83. The number of carbonyl (C=O) groups is 1. The van der Waals surface area contributed by atoms with Gasteiger partial charge in [0, 0.05) is 5.75 Å². The smallest absolute Gasteiger partial charge is 0.441 e. The molecule has 0 saturated carbocycles. The van der Waals surface area contributed by atoms with Crippen molar-refractivity contribution in [1.82, 2.24) is 0 Å². The van der Waals surface area contributed by atoms with Crippen LogP contribution < -0.4 is 4.74 Å². The molecular formula is C10H8BrF3O3S. The van der Waals surface area contributed by atoms with Gasteiger partial charge in [0.1, 0.15) is 5.75 Å². The molecule has 0 aliphatic carbocycles. The summed E-state index contributed by atoms with van der Waals surface area (Å²) in [5.74, 6) is -1.01. The fraction of sp³-hybridized carbons (Fsp3) is 0.300.